The van der Waals surface area contributed by atoms with Gasteiger partial charge < -0.3 is 4.90 Å². The van der Waals surface area contributed by atoms with E-state index in [1.165, 1.54) is 5.56 Å². The number of amides is 1. The maximum atomic E-state index is 12.4. The van der Waals surface area contributed by atoms with Crippen molar-refractivity contribution in [1.29, 1.82) is 0 Å². The second-order valence-corrected chi connectivity index (χ2v) is 8.42. The van der Waals surface area contributed by atoms with Crippen LogP contribution in [0, 0.1) is 17.8 Å². The van der Waals surface area contributed by atoms with Crippen molar-refractivity contribution in [2.75, 3.05) is 13.1 Å². The van der Waals surface area contributed by atoms with Gasteiger partial charge in [-0.15, -0.1) is 0 Å². The van der Waals surface area contributed by atoms with Gasteiger partial charge in [0, 0.05) is 37.8 Å². The fourth-order valence-electron chi connectivity index (χ4n) is 4.02. The minimum absolute atomic E-state index is 0.133. The smallest absolute Gasteiger partial charge is 0.222 e. The summed E-state index contributed by atoms with van der Waals surface area (Å²) < 4.78 is 0. The first-order chi connectivity index (χ1) is 12.4. The molecule has 2 rings (SSSR count). The van der Waals surface area contributed by atoms with Gasteiger partial charge in [-0.05, 0) is 30.2 Å². The molecule has 1 aliphatic heterocycles. The maximum absolute atomic E-state index is 12.4. The molecule has 1 aliphatic rings. The average Bonchev–Trinajstić information content (AvgIpc) is 2.57. The molecule has 1 heterocycles. The Morgan fingerprint density at radius 2 is 1.58 bits per heavy atom. The zero-order valence-electron chi connectivity index (χ0n) is 16.9. The fourth-order valence-corrected chi connectivity index (χ4v) is 4.02. The molecule has 1 amide bonds. The number of rotatable bonds is 10. The number of carbonyl (C=O) groups is 2. The Labute approximate surface area is 159 Å². The van der Waals surface area contributed by atoms with Crippen LogP contribution in [0.25, 0.3) is 0 Å². The molecule has 1 atom stereocenters. The molecule has 0 aromatic heterocycles. The summed E-state index contributed by atoms with van der Waals surface area (Å²) in [7, 11) is 0. The molecule has 0 spiro atoms. The van der Waals surface area contributed by atoms with Crippen LogP contribution < -0.4 is 0 Å². The molecular weight excluding hydrogens is 322 g/mol. The van der Waals surface area contributed by atoms with E-state index in [-0.39, 0.29) is 11.8 Å². The lowest BCUT2D eigenvalue weighted by atomic mass is 9.74. The molecule has 3 heteroatoms. The lowest BCUT2D eigenvalue weighted by Gasteiger charge is -2.45. The van der Waals surface area contributed by atoms with Crippen LogP contribution in [0.3, 0.4) is 0 Å². The number of carbonyl (C=O) groups excluding carboxylic acids is 2. The highest BCUT2D eigenvalue weighted by atomic mass is 16.2. The number of Topliss-reactive ketones (excluding diaryl/α,β-unsaturated/α-hetero) is 1. The number of unbranched alkanes of at least 4 members (excludes halogenated alkanes) is 2. The summed E-state index contributed by atoms with van der Waals surface area (Å²) in [5, 5.41) is 0. The van der Waals surface area contributed by atoms with Gasteiger partial charge >= 0.3 is 0 Å². The van der Waals surface area contributed by atoms with Crippen molar-refractivity contribution < 1.29 is 9.59 Å². The van der Waals surface area contributed by atoms with E-state index >= 15 is 0 Å². The van der Waals surface area contributed by atoms with Crippen molar-refractivity contribution in [3.63, 3.8) is 0 Å². The van der Waals surface area contributed by atoms with Crippen LogP contribution in [0.1, 0.15) is 71.3 Å². The quantitative estimate of drug-likeness (QED) is 0.549. The fraction of sp³-hybridized carbons (Fsp3) is 0.652. The van der Waals surface area contributed by atoms with Gasteiger partial charge in [-0.3, -0.25) is 9.59 Å². The Balaban J connectivity index is 1.70. The number of likely N-dealkylation sites (tertiary alicyclic amines) is 1. The van der Waals surface area contributed by atoms with Crippen molar-refractivity contribution in [2.24, 2.45) is 17.8 Å². The summed E-state index contributed by atoms with van der Waals surface area (Å²) in [6.45, 7) is 10.2. The lowest BCUT2D eigenvalue weighted by molar-refractivity contribution is -0.138. The molecule has 1 saturated heterocycles. The predicted octanol–water partition coefficient (Wildman–Crippen LogP) is 5.06. The van der Waals surface area contributed by atoms with E-state index in [9.17, 15) is 9.59 Å². The first-order valence-electron chi connectivity index (χ1n) is 10.3. The monoisotopic (exact) mass is 357 g/mol. The first-order valence-corrected chi connectivity index (χ1v) is 10.3. The molecule has 0 bridgehead atoms. The zero-order chi connectivity index (χ0) is 19.1. The molecule has 1 aromatic carbocycles. The number of ketones is 1. The summed E-state index contributed by atoms with van der Waals surface area (Å²) in [6.07, 6.45) is 4.07. The van der Waals surface area contributed by atoms with E-state index in [1.807, 2.05) is 18.7 Å². The van der Waals surface area contributed by atoms with Gasteiger partial charge in [0.05, 0.1) is 0 Å². The van der Waals surface area contributed by atoms with Crippen LogP contribution in [0.15, 0.2) is 30.3 Å². The van der Waals surface area contributed by atoms with Crippen LogP contribution >= 0.6 is 0 Å². The van der Waals surface area contributed by atoms with Gasteiger partial charge in [0.25, 0.3) is 0 Å². The van der Waals surface area contributed by atoms with E-state index in [0.29, 0.717) is 36.4 Å². The van der Waals surface area contributed by atoms with Crippen molar-refractivity contribution in [1.82, 2.24) is 4.90 Å². The third-order valence-corrected chi connectivity index (χ3v) is 5.63. The van der Waals surface area contributed by atoms with E-state index < -0.39 is 0 Å². The number of hydrogen-bond donors (Lipinski definition) is 0. The second kappa shape index (κ2) is 9.89. The molecule has 1 aromatic rings. The zero-order valence-corrected chi connectivity index (χ0v) is 16.9. The highest BCUT2D eigenvalue weighted by Crippen LogP contribution is 2.37. The minimum atomic E-state index is 0.133. The van der Waals surface area contributed by atoms with Gasteiger partial charge in [0.15, 0.2) is 0 Å². The minimum Gasteiger partial charge on any atom is -0.342 e. The van der Waals surface area contributed by atoms with Crippen molar-refractivity contribution in [3.05, 3.63) is 35.9 Å². The molecule has 1 fully saturated rings. The molecule has 0 N–H and O–H groups in total. The predicted molar refractivity (Wildman–Crippen MR) is 107 cm³/mol. The molecule has 0 saturated carbocycles. The lowest BCUT2D eigenvalue weighted by Crippen LogP contribution is -2.52. The third kappa shape index (κ3) is 5.69. The topological polar surface area (TPSA) is 37.4 Å². The van der Waals surface area contributed by atoms with Crippen LogP contribution in [0.5, 0.6) is 0 Å². The summed E-state index contributed by atoms with van der Waals surface area (Å²) >= 11 is 0. The van der Waals surface area contributed by atoms with E-state index in [1.54, 1.807) is 0 Å². The largest absolute Gasteiger partial charge is 0.342 e. The Kier molecular flexibility index (Phi) is 7.86. The Morgan fingerprint density at radius 1 is 0.962 bits per heavy atom. The standard InChI is InChI=1S/C23H35NO2/c1-17(2)21(25)13-9-6-10-14-22(26)24-15-20(16-24)23(18(3)4)19-11-7-5-8-12-19/h5,7-8,11-12,17-18,20,23H,6,9-10,13-16H2,1-4H3/t23-/m1/s1. The molecule has 0 unspecified atom stereocenters. The van der Waals surface area contributed by atoms with Crippen LogP contribution in [0.4, 0.5) is 0 Å². The van der Waals surface area contributed by atoms with Crippen LogP contribution in [0.2, 0.25) is 0 Å². The first kappa shape index (κ1) is 20.7. The normalized spacial score (nSPS) is 16.0. The molecule has 0 radical (unpaired) electrons. The van der Waals surface area contributed by atoms with Gasteiger partial charge in [-0.1, -0.05) is 64.4 Å². The van der Waals surface area contributed by atoms with Gasteiger partial charge in [-0.2, -0.15) is 0 Å². The molecule has 3 nitrogen and oxygen atoms in total. The van der Waals surface area contributed by atoms with E-state index in [4.69, 9.17) is 0 Å². The second-order valence-electron chi connectivity index (χ2n) is 8.42. The molecule has 26 heavy (non-hydrogen) atoms. The Morgan fingerprint density at radius 3 is 2.15 bits per heavy atom. The third-order valence-electron chi connectivity index (χ3n) is 5.63. The Bertz CT molecular complexity index is 573. The van der Waals surface area contributed by atoms with Crippen molar-refractivity contribution in [3.8, 4) is 0 Å². The van der Waals surface area contributed by atoms with Crippen molar-refractivity contribution >= 4 is 11.7 Å². The summed E-state index contributed by atoms with van der Waals surface area (Å²) in [5.41, 5.74) is 1.40. The molecule has 0 aliphatic carbocycles. The van der Waals surface area contributed by atoms with Gasteiger partial charge in [-0.25, -0.2) is 0 Å². The van der Waals surface area contributed by atoms with Gasteiger partial charge in [0.1, 0.15) is 5.78 Å². The maximum Gasteiger partial charge on any atom is 0.222 e. The molecule has 144 valence electrons. The van der Waals surface area contributed by atoms with E-state index in [2.05, 4.69) is 44.2 Å². The SMILES string of the molecule is CC(C)C(=O)CCCCCC(=O)N1CC([C@@H](c2ccccc2)C(C)C)C1. The van der Waals surface area contributed by atoms with E-state index in [0.717, 1.165) is 32.4 Å². The van der Waals surface area contributed by atoms with Crippen LogP contribution in [-0.4, -0.2) is 29.7 Å². The van der Waals surface area contributed by atoms with Gasteiger partial charge in [0.2, 0.25) is 5.91 Å². The highest BCUT2D eigenvalue weighted by molar-refractivity contribution is 5.80. The molecular formula is C23H35NO2. The average molecular weight is 358 g/mol. The number of nitrogens with zero attached hydrogens (tertiary/aromatic N) is 1. The number of hydrogen-bond acceptors (Lipinski definition) is 2. The van der Waals surface area contributed by atoms with Crippen molar-refractivity contribution in [2.45, 2.75) is 65.7 Å². The summed E-state index contributed by atoms with van der Waals surface area (Å²) in [5.74, 6) is 2.44. The summed E-state index contributed by atoms with van der Waals surface area (Å²) in [4.78, 5) is 26.0. The Hall–Kier alpha value is -1.64. The number of benzene rings is 1. The highest BCUT2D eigenvalue weighted by Gasteiger charge is 2.37. The summed E-state index contributed by atoms with van der Waals surface area (Å²) in [6, 6.07) is 10.7. The van der Waals surface area contributed by atoms with Crippen LogP contribution in [-0.2, 0) is 9.59 Å².